The molecule has 0 aromatic heterocycles. The first-order valence-corrected chi connectivity index (χ1v) is 7.01. The van der Waals surface area contributed by atoms with Crippen molar-refractivity contribution >= 4 is 28.5 Å². The molecule has 1 aliphatic rings. The molecule has 1 heterocycles. The molecule has 0 saturated carbocycles. The number of halogens is 1. The van der Waals surface area contributed by atoms with E-state index in [1.165, 1.54) is 3.57 Å². The lowest BCUT2D eigenvalue weighted by molar-refractivity contribution is -0.131. The van der Waals surface area contributed by atoms with E-state index < -0.39 is 0 Å². The van der Waals surface area contributed by atoms with E-state index in [2.05, 4.69) is 28.7 Å². The molecule has 2 rings (SSSR count). The fraction of sp³-hybridized carbons (Fsp3) is 0.462. The Hall–Kier alpha value is -0.620. The minimum Gasteiger partial charge on any atom is -0.341 e. The summed E-state index contributed by atoms with van der Waals surface area (Å²) < 4.78 is 1.17. The van der Waals surface area contributed by atoms with Crippen LogP contribution in [0.25, 0.3) is 0 Å². The zero-order valence-corrected chi connectivity index (χ0v) is 11.9. The van der Waals surface area contributed by atoms with Crippen molar-refractivity contribution in [1.82, 2.24) is 4.90 Å². The molecule has 1 amide bonds. The molecule has 4 heteroatoms. The highest BCUT2D eigenvalue weighted by Gasteiger charge is 2.21. The number of amides is 1. The first-order chi connectivity index (χ1) is 8.15. The smallest absolute Gasteiger partial charge is 0.227 e. The van der Waals surface area contributed by atoms with E-state index in [4.69, 9.17) is 5.73 Å². The van der Waals surface area contributed by atoms with Crippen molar-refractivity contribution in [3.05, 3.63) is 33.4 Å². The molecule has 1 saturated heterocycles. The van der Waals surface area contributed by atoms with Gasteiger partial charge in [-0.3, -0.25) is 4.79 Å². The summed E-state index contributed by atoms with van der Waals surface area (Å²) in [5.41, 5.74) is 6.97. The maximum absolute atomic E-state index is 12.1. The molecule has 1 aromatic carbocycles. The fourth-order valence-electron chi connectivity index (χ4n) is 2.17. The first-order valence-electron chi connectivity index (χ1n) is 5.93. The van der Waals surface area contributed by atoms with Gasteiger partial charge in [0.05, 0.1) is 6.42 Å². The van der Waals surface area contributed by atoms with E-state index in [0.29, 0.717) is 13.0 Å². The number of hydrogen-bond acceptors (Lipinski definition) is 2. The third-order valence-electron chi connectivity index (χ3n) is 3.05. The van der Waals surface area contributed by atoms with Gasteiger partial charge in [-0.25, -0.2) is 0 Å². The van der Waals surface area contributed by atoms with Crippen molar-refractivity contribution in [2.75, 3.05) is 13.1 Å². The van der Waals surface area contributed by atoms with Crippen molar-refractivity contribution < 1.29 is 4.79 Å². The summed E-state index contributed by atoms with van der Waals surface area (Å²) in [6.07, 6.45) is 2.55. The van der Waals surface area contributed by atoms with Crippen LogP contribution in [0.15, 0.2) is 24.3 Å². The summed E-state index contributed by atoms with van der Waals surface area (Å²) in [7, 11) is 0. The number of nitrogens with zero attached hydrogens (tertiary/aromatic N) is 1. The predicted molar refractivity (Wildman–Crippen MR) is 76.7 cm³/mol. The lowest BCUT2D eigenvalue weighted by Gasteiger charge is -2.30. The normalized spacial score (nSPS) is 20.4. The van der Waals surface area contributed by atoms with Crippen LogP contribution < -0.4 is 5.73 Å². The molecule has 0 aliphatic carbocycles. The molecule has 1 unspecified atom stereocenters. The quantitative estimate of drug-likeness (QED) is 0.832. The number of carbonyl (C=O) groups is 1. The van der Waals surface area contributed by atoms with E-state index in [9.17, 15) is 4.79 Å². The Bertz CT molecular complexity index is 408. The molecule has 0 spiro atoms. The number of piperidine rings is 1. The third-order valence-corrected chi connectivity index (χ3v) is 3.73. The van der Waals surface area contributed by atoms with Gasteiger partial charge in [-0.05, 0) is 53.1 Å². The first kappa shape index (κ1) is 12.8. The highest BCUT2D eigenvalue weighted by molar-refractivity contribution is 14.1. The van der Waals surface area contributed by atoms with Crippen LogP contribution in [0.3, 0.4) is 0 Å². The number of likely N-dealkylation sites (tertiary alicyclic amines) is 1. The average molecular weight is 344 g/mol. The van der Waals surface area contributed by atoms with Crippen molar-refractivity contribution in [3.63, 3.8) is 0 Å². The molecule has 2 N–H and O–H groups in total. The molecule has 0 bridgehead atoms. The highest BCUT2D eigenvalue weighted by atomic mass is 127. The van der Waals surface area contributed by atoms with Crippen LogP contribution >= 0.6 is 22.6 Å². The average Bonchev–Trinajstić information content (AvgIpc) is 2.29. The van der Waals surface area contributed by atoms with Crippen LogP contribution in [0.4, 0.5) is 0 Å². The fourth-order valence-corrected chi connectivity index (χ4v) is 2.78. The maximum Gasteiger partial charge on any atom is 0.227 e. The molecule has 1 aromatic rings. The Kier molecular flexibility index (Phi) is 4.39. The number of carbonyl (C=O) groups excluding carboxylic acids is 1. The predicted octanol–water partition coefficient (Wildman–Crippen LogP) is 1.78. The Morgan fingerprint density at radius 3 is 3.06 bits per heavy atom. The highest BCUT2D eigenvalue weighted by Crippen LogP contribution is 2.12. The van der Waals surface area contributed by atoms with Gasteiger partial charge >= 0.3 is 0 Å². The summed E-state index contributed by atoms with van der Waals surface area (Å²) in [4.78, 5) is 14.0. The molecular weight excluding hydrogens is 327 g/mol. The molecule has 1 fully saturated rings. The number of nitrogens with two attached hydrogens (primary N) is 1. The van der Waals surface area contributed by atoms with Crippen molar-refractivity contribution in [3.8, 4) is 0 Å². The Morgan fingerprint density at radius 1 is 1.53 bits per heavy atom. The largest absolute Gasteiger partial charge is 0.341 e. The number of hydrogen-bond donors (Lipinski definition) is 1. The zero-order valence-electron chi connectivity index (χ0n) is 9.73. The second kappa shape index (κ2) is 5.82. The van der Waals surface area contributed by atoms with Crippen LogP contribution in [0.1, 0.15) is 18.4 Å². The van der Waals surface area contributed by atoms with Crippen molar-refractivity contribution in [1.29, 1.82) is 0 Å². The van der Waals surface area contributed by atoms with Crippen LogP contribution in [0.5, 0.6) is 0 Å². The van der Waals surface area contributed by atoms with Gasteiger partial charge < -0.3 is 10.6 Å². The van der Waals surface area contributed by atoms with Gasteiger partial charge in [0.15, 0.2) is 0 Å². The van der Waals surface area contributed by atoms with E-state index in [1.54, 1.807) is 0 Å². The van der Waals surface area contributed by atoms with Crippen LogP contribution in [0.2, 0.25) is 0 Å². The molecule has 0 radical (unpaired) electrons. The van der Waals surface area contributed by atoms with Gasteiger partial charge in [0.2, 0.25) is 5.91 Å². The molecule has 1 aliphatic heterocycles. The van der Waals surface area contributed by atoms with E-state index in [-0.39, 0.29) is 11.9 Å². The molecule has 3 nitrogen and oxygen atoms in total. The molecule has 92 valence electrons. The molecule has 17 heavy (non-hydrogen) atoms. The minimum atomic E-state index is 0.156. The summed E-state index contributed by atoms with van der Waals surface area (Å²) >= 11 is 2.27. The van der Waals surface area contributed by atoms with E-state index in [0.717, 1.165) is 24.9 Å². The van der Waals surface area contributed by atoms with Gasteiger partial charge in [0.1, 0.15) is 0 Å². The lowest BCUT2D eigenvalue weighted by Crippen LogP contribution is -2.46. The second-order valence-electron chi connectivity index (χ2n) is 4.55. The van der Waals surface area contributed by atoms with Crippen molar-refractivity contribution in [2.24, 2.45) is 5.73 Å². The monoisotopic (exact) mass is 344 g/mol. The number of benzene rings is 1. The summed E-state index contributed by atoms with van der Waals surface area (Å²) in [6, 6.07) is 8.24. The van der Waals surface area contributed by atoms with E-state index in [1.807, 2.05) is 23.1 Å². The van der Waals surface area contributed by atoms with E-state index >= 15 is 0 Å². The van der Waals surface area contributed by atoms with Crippen LogP contribution in [0, 0.1) is 3.57 Å². The van der Waals surface area contributed by atoms with Crippen LogP contribution in [-0.4, -0.2) is 29.9 Å². The third kappa shape index (κ3) is 3.67. The van der Waals surface area contributed by atoms with Gasteiger partial charge in [-0.1, -0.05) is 12.1 Å². The Balaban J connectivity index is 1.96. The standard InChI is InChI=1S/C13H17IN2O/c14-11-4-1-3-10(7-11)8-13(17)16-6-2-5-12(15)9-16/h1,3-4,7,12H,2,5-6,8-9,15H2. The second-order valence-corrected chi connectivity index (χ2v) is 5.79. The molecular formula is C13H17IN2O. The van der Waals surface area contributed by atoms with Crippen molar-refractivity contribution in [2.45, 2.75) is 25.3 Å². The number of rotatable bonds is 2. The Labute approximate surface area is 116 Å². The van der Waals surface area contributed by atoms with Gasteiger partial charge in [0, 0.05) is 22.7 Å². The summed E-state index contributed by atoms with van der Waals surface area (Å²) in [5.74, 6) is 0.196. The lowest BCUT2D eigenvalue weighted by atomic mass is 10.1. The zero-order chi connectivity index (χ0) is 12.3. The maximum atomic E-state index is 12.1. The summed E-state index contributed by atoms with van der Waals surface area (Å²) in [5, 5.41) is 0. The van der Waals surface area contributed by atoms with Gasteiger partial charge in [0.25, 0.3) is 0 Å². The topological polar surface area (TPSA) is 46.3 Å². The van der Waals surface area contributed by atoms with Gasteiger partial charge in [-0.15, -0.1) is 0 Å². The van der Waals surface area contributed by atoms with Crippen LogP contribution in [-0.2, 0) is 11.2 Å². The minimum absolute atomic E-state index is 0.156. The van der Waals surface area contributed by atoms with Gasteiger partial charge in [-0.2, -0.15) is 0 Å². The molecule has 1 atom stereocenters. The Morgan fingerprint density at radius 2 is 2.35 bits per heavy atom. The summed E-state index contributed by atoms with van der Waals surface area (Å²) in [6.45, 7) is 1.57. The SMILES string of the molecule is NC1CCCN(C(=O)Cc2cccc(I)c2)C1.